The maximum atomic E-state index is 6.16. The summed E-state index contributed by atoms with van der Waals surface area (Å²) in [6.45, 7) is 1.21. The number of piperidine rings is 1. The van der Waals surface area contributed by atoms with Gasteiger partial charge in [-0.05, 0) is 38.3 Å². The minimum Gasteiger partial charge on any atom is -0.315 e. The summed E-state index contributed by atoms with van der Waals surface area (Å²) in [6, 6.07) is 0. The van der Waals surface area contributed by atoms with Gasteiger partial charge in [-0.2, -0.15) is 0 Å². The molecule has 1 aliphatic carbocycles. The maximum Gasteiger partial charge on any atom is 0.0600 e. The van der Waals surface area contributed by atoms with Crippen LogP contribution in [0.25, 0.3) is 0 Å². The lowest BCUT2D eigenvalue weighted by Crippen LogP contribution is -2.53. The molecule has 2 fully saturated rings. The molecule has 1 aliphatic heterocycles. The summed E-state index contributed by atoms with van der Waals surface area (Å²) in [5.74, 6) is 1.75. The third kappa shape index (κ3) is 1.38. The van der Waals surface area contributed by atoms with E-state index in [-0.39, 0.29) is 0 Å². The van der Waals surface area contributed by atoms with Crippen molar-refractivity contribution in [2.75, 3.05) is 13.6 Å². The molecule has 3 unspecified atom stereocenters. The van der Waals surface area contributed by atoms with E-state index < -0.39 is 0 Å². The average Bonchev–Trinajstić information content (AvgIpc) is 2.12. The van der Waals surface area contributed by atoms with E-state index in [0.717, 1.165) is 11.8 Å². The smallest absolute Gasteiger partial charge is 0.0600 e. The predicted octanol–water partition coefficient (Wildman–Crippen LogP) is 1.41. The maximum absolute atomic E-state index is 6.16. The van der Waals surface area contributed by atoms with Crippen LogP contribution in [0.4, 0.5) is 0 Å². The molecule has 1 saturated heterocycles. The van der Waals surface area contributed by atoms with Gasteiger partial charge in [0.05, 0.1) is 6.17 Å². The summed E-state index contributed by atoms with van der Waals surface area (Å²) in [6.07, 6.45) is 7.39. The highest BCUT2D eigenvalue weighted by Gasteiger charge is 2.35. The van der Waals surface area contributed by atoms with E-state index in [1.165, 1.54) is 38.6 Å². The molecule has 2 nitrogen and oxygen atoms in total. The largest absolute Gasteiger partial charge is 0.315 e. The summed E-state index contributed by atoms with van der Waals surface area (Å²) in [4.78, 5) is 2.33. The first-order chi connectivity index (χ1) is 5.79. The molecule has 2 rings (SSSR count). The molecule has 70 valence electrons. The van der Waals surface area contributed by atoms with Gasteiger partial charge in [-0.15, -0.1) is 0 Å². The lowest BCUT2D eigenvalue weighted by atomic mass is 9.73. The first-order valence-corrected chi connectivity index (χ1v) is 5.25. The Labute approximate surface area is 75.1 Å². The second kappa shape index (κ2) is 3.35. The van der Waals surface area contributed by atoms with Gasteiger partial charge in [0.1, 0.15) is 0 Å². The van der Waals surface area contributed by atoms with Crippen LogP contribution in [0.5, 0.6) is 0 Å². The molecule has 0 aromatic carbocycles. The molecule has 2 heteroatoms. The van der Waals surface area contributed by atoms with E-state index in [9.17, 15) is 0 Å². The SMILES string of the molecule is CN1CCC2CCCCC2C1N. The normalized spacial score (nSPS) is 44.0. The van der Waals surface area contributed by atoms with E-state index in [1.54, 1.807) is 0 Å². The lowest BCUT2D eigenvalue weighted by molar-refractivity contribution is 0.0444. The summed E-state index contributed by atoms with van der Waals surface area (Å²) in [5, 5.41) is 0. The molecule has 2 aliphatic rings. The van der Waals surface area contributed by atoms with Gasteiger partial charge in [0.2, 0.25) is 0 Å². The van der Waals surface area contributed by atoms with Gasteiger partial charge in [-0.25, -0.2) is 0 Å². The van der Waals surface area contributed by atoms with Gasteiger partial charge in [-0.3, -0.25) is 4.90 Å². The fourth-order valence-corrected chi connectivity index (χ4v) is 2.89. The van der Waals surface area contributed by atoms with Crippen molar-refractivity contribution in [2.24, 2.45) is 17.6 Å². The number of hydrogen-bond donors (Lipinski definition) is 1. The molecular formula is C10H20N2. The van der Waals surface area contributed by atoms with Gasteiger partial charge in [0, 0.05) is 0 Å². The number of rotatable bonds is 0. The molecule has 1 saturated carbocycles. The highest BCUT2D eigenvalue weighted by Crippen LogP contribution is 2.37. The van der Waals surface area contributed by atoms with E-state index in [0.29, 0.717) is 6.17 Å². The highest BCUT2D eigenvalue weighted by atomic mass is 15.2. The number of fused-ring (bicyclic) bond motifs is 1. The summed E-state index contributed by atoms with van der Waals surface area (Å²) in [7, 11) is 2.16. The van der Waals surface area contributed by atoms with Gasteiger partial charge in [-0.1, -0.05) is 19.3 Å². The second-order valence-electron chi connectivity index (χ2n) is 4.47. The summed E-state index contributed by atoms with van der Waals surface area (Å²) < 4.78 is 0. The lowest BCUT2D eigenvalue weighted by Gasteiger charge is -2.44. The first kappa shape index (κ1) is 8.52. The Morgan fingerprint density at radius 2 is 1.92 bits per heavy atom. The molecule has 12 heavy (non-hydrogen) atoms. The molecule has 0 amide bonds. The molecule has 3 atom stereocenters. The minimum atomic E-state index is 0.351. The van der Waals surface area contributed by atoms with Crippen LogP contribution in [-0.2, 0) is 0 Å². The third-order valence-electron chi connectivity index (χ3n) is 3.77. The van der Waals surface area contributed by atoms with Crippen LogP contribution in [0.1, 0.15) is 32.1 Å². The fourth-order valence-electron chi connectivity index (χ4n) is 2.89. The Hall–Kier alpha value is -0.0800. The molecule has 2 N–H and O–H groups in total. The zero-order chi connectivity index (χ0) is 8.55. The van der Waals surface area contributed by atoms with Crippen LogP contribution >= 0.6 is 0 Å². The monoisotopic (exact) mass is 168 g/mol. The Morgan fingerprint density at radius 3 is 2.75 bits per heavy atom. The van der Waals surface area contributed by atoms with E-state index in [2.05, 4.69) is 11.9 Å². The predicted molar refractivity (Wildman–Crippen MR) is 50.7 cm³/mol. The summed E-state index contributed by atoms with van der Waals surface area (Å²) >= 11 is 0. The van der Waals surface area contributed by atoms with Crippen molar-refractivity contribution < 1.29 is 0 Å². The quantitative estimate of drug-likeness (QED) is 0.592. The first-order valence-electron chi connectivity index (χ1n) is 5.25. The standard InChI is InChI=1S/C10H20N2/c1-12-7-6-8-4-2-3-5-9(8)10(12)11/h8-10H,2-7,11H2,1H3. The van der Waals surface area contributed by atoms with Gasteiger partial charge in [0.25, 0.3) is 0 Å². The van der Waals surface area contributed by atoms with Gasteiger partial charge < -0.3 is 5.73 Å². The van der Waals surface area contributed by atoms with Crippen molar-refractivity contribution in [2.45, 2.75) is 38.3 Å². The molecule has 0 aromatic heterocycles. The van der Waals surface area contributed by atoms with Crippen molar-refractivity contribution >= 4 is 0 Å². The molecule has 1 heterocycles. The zero-order valence-corrected chi connectivity index (χ0v) is 8.00. The van der Waals surface area contributed by atoms with Crippen LogP contribution in [0.2, 0.25) is 0 Å². The van der Waals surface area contributed by atoms with Crippen molar-refractivity contribution in [3.05, 3.63) is 0 Å². The topological polar surface area (TPSA) is 29.3 Å². The zero-order valence-electron chi connectivity index (χ0n) is 8.00. The van der Waals surface area contributed by atoms with Crippen molar-refractivity contribution in [3.8, 4) is 0 Å². The average molecular weight is 168 g/mol. The van der Waals surface area contributed by atoms with Crippen molar-refractivity contribution in [3.63, 3.8) is 0 Å². The number of likely N-dealkylation sites (tertiary alicyclic amines) is 1. The highest BCUT2D eigenvalue weighted by molar-refractivity contribution is 4.87. The van der Waals surface area contributed by atoms with Crippen LogP contribution < -0.4 is 5.73 Å². The van der Waals surface area contributed by atoms with Crippen LogP contribution in [0.15, 0.2) is 0 Å². The second-order valence-corrected chi connectivity index (χ2v) is 4.47. The Morgan fingerprint density at radius 1 is 1.17 bits per heavy atom. The van der Waals surface area contributed by atoms with Crippen molar-refractivity contribution in [1.82, 2.24) is 4.90 Å². The molecule has 0 aromatic rings. The number of hydrogen-bond acceptors (Lipinski definition) is 2. The number of nitrogens with zero attached hydrogens (tertiary/aromatic N) is 1. The fraction of sp³-hybridized carbons (Fsp3) is 1.00. The van der Waals surface area contributed by atoms with E-state index >= 15 is 0 Å². The Balaban J connectivity index is 2.03. The van der Waals surface area contributed by atoms with Gasteiger partial charge in [0.15, 0.2) is 0 Å². The van der Waals surface area contributed by atoms with Crippen LogP contribution in [-0.4, -0.2) is 24.7 Å². The van der Waals surface area contributed by atoms with Crippen LogP contribution in [0, 0.1) is 11.8 Å². The minimum absolute atomic E-state index is 0.351. The van der Waals surface area contributed by atoms with Crippen molar-refractivity contribution in [1.29, 1.82) is 0 Å². The Bertz CT molecular complexity index is 156. The number of nitrogens with two attached hydrogens (primary N) is 1. The van der Waals surface area contributed by atoms with E-state index in [1.807, 2.05) is 0 Å². The van der Waals surface area contributed by atoms with E-state index in [4.69, 9.17) is 5.73 Å². The molecule has 0 bridgehead atoms. The Kier molecular flexibility index (Phi) is 2.37. The molecular weight excluding hydrogens is 148 g/mol. The molecule has 0 radical (unpaired) electrons. The van der Waals surface area contributed by atoms with Gasteiger partial charge >= 0.3 is 0 Å². The summed E-state index contributed by atoms with van der Waals surface area (Å²) in [5.41, 5.74) is 6.16. The molecule has 0 spiro atoms. The van der Waals surface area contributed by atoms with Crippen LogP contribution in [0.3, 0.4) is 0 Å². The third-order valence-corrected chi connectivity index (χ3v) is 3.77.